The molecule has 88 valence electrons. The van der Waals surface area contributed by atoms with E-state index in [2.05, 4.69) is 15.6 Å². The van der Waals surface area contributed by atoms with Crippen molar-refractivity contribution in [2.45, 2.75) is 19.8 Å². The molecule has 0 aliphatic carbocycles. The molecule has 1 aromatic heterocycles. The molecule has 1 saturated heterocycles. The van der Waals surface area contributed by atoms with E-state index in [1.54, 1.807) is 6.20 Å². The number of nitrogens with zero attached hydrogens (tertiary/aromatic N) is 1. The van der Waals surface area contributed by atoms with Crippen LogP contribution in [0.15, 0.2) is 12.3 Å². The van der Waals surface area contributed by atoms with Crippen LogP contribution in [0.3, 0.4) is 0 Å². The Kier molecular flexibility index (Phi) is 4.02. The Balaban J connectivity index is 1.82. The normalized spacial score (nSPS) is 20.0. The average Bonchev–Trinajstić information content (AvgIpc) is 2.77. The van der Waals surface area contributed by atoms with Gasteiger partial charge in [-0.05, 0) is 44.8 Å². The molecule has 1 unspecified atom stereocenters. The van der Waals surface area contributed by atoms with Crippen LogP contribution in [0, 0.1) is 12.8 Å². The summed E-state index contributed by atoms with van der Waals surface area (Å²) in [6.07, 6.45) is 4.29. The summed E-state index contributed by atoms with van der Waals surface area (Å²) in [4.78, 5) is 4.14. The highest BCUT2D eigenvalue weighted by Crippen LogP contribution is 2.23. The molecular formula is C12H18ClN3. The van der Waals surface area contributed by atoms with Gasteiger partial charge >= 0.3 is 0 Å². The smallest absolute Gasteiger partial charge is 0.0849 e. The molecule has 2 rings (SSSR count). The van der Waals surface area contributed by atoms with Gasteiger partial charge in [0.05, 0.1) is 16.4 Å². The number of hydrogen-bond donors (Lipinski definition) is 2. The van der Waals surface area contributed by atoms with E-state index in [4.69, 9.17) is 11.6 Å². The predicted molar refractivity (Wildman–Crippen MR) is 68.1 cm³/mol. The summed E-state index contributed by atoms with van der Waals surface area (Å²) in [7, 11) is 0. The van der Waals surface area contributed by atoms with Gasteiger partial charge in [0.1, 0.15) is 0 Å². The summed E-state index contributed by atoms with van der Waals surface area (Å²) >= 11 is 6.15. The lowest BCUT2D eigenvalue weighted by Gasteiger charge is -2.12. The second-order valence-corrected chi connectivity index (χ2v) is 4.71. The number of hydrogen-bond acceptors (Lipinski definition) is 3. The SMILES string of the molecule is Cc1nccc(NCCC2CCNC2)c1Cl. The van der Waals surface area contributed by atoms with Crippen molar-refractivity contribution in [3.05, 3.63) is 23.0 Å². The highest BCUT2D eigenvalue weighted by atomic mass is 35.5. The Labute approximate surface area is 102 Å². The van der Waals surface area contributed by atoms with Gasteiger partial charge in [-0.1, -0.05) is 11.6 Å². The van der Waals surface area contributed by atoms with Crippen LogP contribution in [0.1, 0.15) is 18.5 Å². The molecule has 0 saturated carbocycles. The van der Waals surface area contributed by atoms with E-state index in [1.807, 2.05) is 13.0 Å². The van der Waals surface area contributed by atoms with Gasteiger partial charge in [0.15, 0.2) is 0 Å². The maximum absolute atomic E-state index is 6.15. The average molecular weight is 240 g/mol. The van der Waals surface area contributed by atoms with Crippen molar-refractivity contribution in [3.63, 3.8) is 0 Å². The summed E-state index contributed by atoms with van der Waals surface area (Å²) in [5.74, 6) is 0.814. The van der Waals surface area contributed by atoms with Gasteiger partial charge in [-0.2, -0.15) is 0 Å². The predicted octanol–water partition coefficient (Wildman–Crippen LogP) is 2.45. The molecule has 1 aliphatic rings. The Morgan fingerprint density at radius 2 is 2.50 bits per heavy atom. The molecule has 1 fully saturated rings. The van der Waals surface area contributed by atoms with Gasteiger partial charge in [-0.25, -0.2) is 0 Å². The van der Waals surface area contributed by atoms with Crippen molar-refractivity contribution < 1.29 is 0 Å². The Morgan fingerprint density at radius 1 is 1.62 bits per heavy atom. The van der Waals surface area contributed by atoms with Crippen LogP contribution in [0.4, 0.5) is 5.69 Å². The molecule has 2 heterocycles. The van der Waals surface area contributed by atoms with Crippen LogP contribution in [-0.4, -0.2) is 24.6 Å². The van der Waals surface area contributed by atoms with E-state index in [9.17, 15) is 0 Å². The Bertz CT molecular complexity index is 348. The van der Waals surface area contributed by atoms with Crippen LogP contribution in [0.2, 0.25) is 5.02 Å². The van der Waals surface area contributed by atoms with Gasteiger partial charge < -0.3 is 10.6 Å². The quantitative estimate of drug-likeness (QED) is 0.848. The maximum Gasteiger partial charge on any atom is 0.0849 e. The molecule has 3 nitrogen and oxygen atoms in total. The van der Waals surface area contributed by atoms with Crippen molar-refractivity contribution >= 4 is 17.3 Å². The van der Waals surface area contributed by atoms with Crippen LogP contribution < -0.4 is 10.6 Å². The van der Waals surface area contributed by atoms with Crippen molar-refractivity contribution in [1.29, 1.82) is 0 Å². The third-order valence-electron chi connectivity index (χ3n) is 3.09. The minimum atomic E-state index is 0.743. The number of aromatic nitrogens is 1. The monoisotopic (exact) mass is 239 g/mol. The van der Waals surface area contributed by atoms with E-state index < -0.39 is 0 Å². The lowest BCUT2D eigenvalue weighted by atomic mass is 10.1. The lowest BCUT2D eigenvalue weighted by Crippen LogP contribution is -2.13. The number of halogens is 1. The zero-order valence-electron chi connectivity index (χ0n) is 9.59. The molecule has 1 aromatic rings. The summed E-state index contributed by atoms with van der Waals surface area (Å²) < 4.78 is 0. The van der Waals surface area contributed by atoms with E-state index in [-0.39, 0.29) is 0 Å². The van der Waals surface area contributed by atoms with Crippen LogP contribution in [0.5, 0.6) is 0 Å². The summed E-state index contributed by atoms with van der Waals surface area (Å²) in [6.45, 7) is 5.23. The highest BCUT2D eigenvalue weighted by Gasteiger charge is 2.13. The summed E-state index contributed by atoms with van der Waals surface area (Å²) in [5, 5.41) is 7.50. The zero-order valence-corrected chi connectivity index (χ0v) is 10.3. The first kappa shape index (κ1) is 11.7. The van der Waals surface area contributed by atoms with Crippen LogP contribution in [-0.2, 0) is 0 Å². The molecule has 16 heavy (non-hydrogen) atoms. The van der Waals surface area contributed by atoms with E-state index in [0.717, 1.165) is 35.4 Å². The van der Waals surface area contributed by atoms with E-state index >= 15 is 0 Å². The molecule has 0 spiro atoms. The number of rotatable bonds is 4. The highest BCUT2D eigenvalue weighted by molar-refractivity contribution is 6.33. The molecule has 0 aromatic carbocycles. The zero-order chi connectivity index (χ0) is 11.4. The maximum atomic E-state index is 6.15. The standard InChI is InChI=1S/C12H18ClN3/c1-9-12(13)11(4-7-15-9)16-6-3-10-2-5-14-8-10/h4,7,10,14H,2-3,5-6,8H2,1H3,(H,15,16). The minimum Gasteiger partial charge on any atom is -0.384 e. The first-order chi connectivity index (χ1) is 7.77. The fourth-order valence-corrected chi connectivity index (χ4v) is 2.24. The number of anilines is 1. The van der Waals surface area contributed by atoms with Crippen molar-refractivity contribution in [3.8, 4) is 0 Å². The van der Waals surface area contributed by atoms with Crippen molar-refractivity contribution in [2.24, 2.45) is 5.92 Å². The summed E-state index contributed by atoms with van der Waals surface area (Å²) in [5.41, 5.74) is 1.88. The largest absolute Gasteiger partial charge is 0.384 e. The second-order valence-electron chi connectivity index (χ2n) is 4.33. The van der Waals surface area contributed by atoms with E-state index in [0.29, 0.717) is 0 Å². The fourth-order valence-electron chi connectivity index (χ4n) is 2.06. The van der Waals surface area contributed by atoms with Crippen molar-refractivity contribution in [2.75, 3.05) is 25.0 Å². The number of pyridine rings is 1. The first-order valence-corrected chi connectivity index (χ1v) is 6.21. The minimum absolute atomic E-state index is 0.743. The van der Waals surface area contributed by atoms with Gasteiger partial charge in [-0.3, -0.25) is 4.98 Å². The molecule has 0 radical (unpaired) electrons. The van der Waals surface area contributed by atoms with Gasteiger partial charge in [0.25, 0.3) is 0 Å². The first-order valence-electron chi connectivity index (χ1n) is 5.83. The third-order valence-corrected chi connectivity index (χ3v) is 3.57. The molecule has 0 amide bonds. The van der Waals surface area contributed by atoms with Crippen LogP contribution >= 0.6 is 11.6 Å². The topological polar surface area (TPSA) is 37.0 Å². The van der Waals surface area contributed by atoms with Crippen molar-refractivity contribution in [1.82, 2.24) is 10.3 Å². The Morgan fingerprint density at radius 3 is 3.25 bits per heavy atom. The van der Waals surface area contributed by atoms with Crippen LogP contribution in [0.25, 0.3) is 0 Å². The fraction of sp³-hybridized carbons (Fsp3) is 0.583. The Hall–Kier alpha value is -0.800. The number of aryl methyl sites for hydroxylation is 1. The molecule has 1 aliphatic heterocycles. The third kappa shape index (κ3) is 2.86. The number of nitrogens with one attached hydrogen (secondary N) is 2. The second kappa shape index (κ2) is 5.51. The molecule has 4 heteroatoms. The lowest BCUT2D eigenvalue weighted by molar-refractivity contribution is 0.549. The van der Waals surface area contributed by atoms with E-state index in [1.165, 1.54) is 19.4 Å². The molecular weight excluding hydrogens is 222 g/mol. The molecule has 0 bridgehead atoms. The summed E-state index contributed by atoms with van der Waals surface area (Å²) in [6, 6.07) is 1.93. The van der Waals surface area contributed by atoms with Gasteiger partial charge in [-0.15, -0.1) is 0 Å². The molecule has 2 N–H and O–H groups in total. The van der Waals surface area contributed by atoms with Gasteiger partial charge in [0.2, 0.25) is 0 Å². The van der Waals surface area contributed by atoms with Gasteiger partial charge in [0, 0.05) is 12.7 Å². The molecule has 1 atom stereocenters.